The summed E-state index contributed by atoms with van der Waals surface area (Å²) in [6.45, 7) is 3.38. The molecule has 0 aliphatic carbocycles. The van der Waals surface area contributed by atoms with Gasteiger partial charge in [-0.1, -0.05) is 42.0 Å². The van der Waals surface area contributed by atoms with Gasteiger partial charge in [0.05, 0.1) is 6.61 Å². The topological polar surface area (TPSA) is 60.5 Å². The number of nitrogens with one attached hydrogen (secondary N) is 1. The number of thiazole rings is 1. The maximum Gasteiger partial charge on any atom is 0.271 e. The van der Waals surface area contributed by atoms with Crippen LogP contribution in [0.3, 0.4) is 0 Å². The van der Waals surface area contributed by atoms with E-state index in [1.807, 2.05) is 55.5 Å². The molecule has 0 spiro atoms. The Morgan fingerprint density at radius 1 is 1.11 bits per heavy atom. The zero-order valence-electron chi connectivity index (χ0n) is 15.4. The number of methoxy groups -OCH3 is 1. The second-order valence-corrected chi connectivity index (χ2v) is 7.11. The molecule has 5 nitrogen and oxygen atoms in total. The molecule has 0 atom stereocenters. The van der Waals surface area contributed by atoms with Crippen molar-refractivity contribution in [2.45, 2.75) is 26.7 Å². The summed E-state index contributed by atoms with van der Waals surface area (Å²) < 4.78 is 10.8. The van der Waals surface area contributed by atoms with Crippen LogP contribution in [-0.2, 0) is 24.5 Å². The lowest BCUT2D eigenvalue weighted by molar-refractivity contribution is 0.0946. The number of carbonyl (C=O) groups excluding carboxylic acids is 1. The molecular weight excluding hydrogens is 360 g/mol. The number of aryl methyl sites for hydroxylation is 1. The predicted molar refractivity (Wildman–Crippen MR) is 106 cm³/mol. The molecule has 1 amide bonds. The van der Waals surface area contributed by atoms with E-state index in [0.29, 0.717) is 25.5 Å². The summed E-state index contributed by atoms with van der Waals surface area (Å²) in [5, 5.41) is 5.42. The van der Waals surface area contributed by atoms with Crippen LogP contribution in [0, 0.1) is 6.92 Å². The van der Waals surface area contributed by atoms with Crippen molar-refractivity contribution < 1.29 is 14.3 Å². The van der Waals surface area contributed by atoms with E-state index < -0.39 is 0 Å². The molecule has 1 aromatic heterocycles. The van der Waals surface area contributed by atoms with Crippen LogP contribution in [0.2, 0.25) is 0 Å². The molecule has 6 heteroatoms. The average molecular weight is 382 g/mol. The normalized spacial score (nSPS) is 10.6. The summed E-state index contributed by atoms with van der Waals surface area (Å²) >= 11 is 1.42. The number of aromatic nitrogens is 1. The molecule has 3 rings (SSSR count). The van der Waals surface area contributed by atoms with Gasteiger partial charge in [0.1, 0.15) is 23.1 Å². The number of hydrogen-bond donors (Lipinski definition) is 1. The molecule has 27 heavy (non-hydrogen) atoms. The summed E-state index contributed by atoms with van der Waals surface area (Å²) in [6, 6.07) is 15.8. The van der Waals surface area contributed by atoms with E-state index in [0.717, 1.165) is 21.9 Å². The lowest BCUT2D eigenvalue weighted by Crippen LogP contribution is -2.23. The van der Waals surface area contributed by atoms with Crippen molar-refractivity contribution in [1.29, 1.82) is 0 Å². The standard InChI is InChI=1S/C21H22N2O3S/c1-15-6-8-18(9-7-15)26-13-20-23-19(14-27-20)21(24)22-11-16-4-3-5-17(10-16)12-25-2/h3-10,14H,11-13H2,1-2H3,(H,22,24). The van der Waals surface area contributed by atoms with Crippen LogP contribution in [0.25, 0.3) is 0 Å². The van der Waals surface area contributed by atoms with E-state index in [9.17, 15) is 4.79 Å². The Kier molecular flexibility index (Phi) is 6.57. The monoisotopic (exact) mass is 382 g/mol. The minimum absolute atomic E-state index is 0.190. The molecule has 0 aliphatic rings. The molecule has 0 fully saturated rings. The highest BCUT2D eigenvalue weighted by Gasteiger charge is 2.11. The zero-order valence-corrected chi connectivity index (χ0v) is 16.2. The molecule has 0 bridgehead atoms. The van der Waals surface area contributed by atoms with E-state index in [4.69, 9.17) is 9.47 Å². The van der Waals surface area contributed by atoms with Gasteiger partial charge in [0.15, 0.2) is 0 Å². The van der Waals surface area contributed by atoms with Crippen molar-refractivity contribution in [1.82, 2.24) is 10.3 Å². The Hall–Kier alpha value is -2.70. The second kappa shape index (κ2) is 9.30. The van der Waals surface area contributed by atoms with Gasteiger partial charge in [-0.25, -0.2) is 4.98 Å². The Labute approximate surface area is 163 Å². The molecular formula is C21H22N2O3S. The minimum atomic E-state index is -0.190. The Balaban J connectivity index is 1.52. The molecule has 0 aliphatic heterocycles. The van der Waals surface area contributed by atoms with E-state index in [2.05, 4.69) is 10.3 Å². The molecule has 1 N–H and O–H groups in total. The average Bonchev–Trinajstić information content (AvgIpc) is 3.15. The van der Waals surface area contributed by atoms with Crippen molar-refractivity contribution in [3.05, 3.63) is 81.3 Å². The highest BCUT2D eigenvalue weighted by molar-refractivity contribution is 7.09. The molecule has 0 unspecified atom stereocenters. The van der Waals surface area contributed by atoms with Crippen LogP contribution in [0.5, 0.6) is 5.75 Å². The molecule has 0 saturated heterocycles. The smallest absolute Gasteiger partial charge is 0.271 e. The fraction of sp³-hybridized carbons (Fsp3) is 0.238. The van der Waals surface area contributed by atoms with Gasteiger partial charge in [-0.05, 0) is 30.2 Å². The van der Waals surface area contributed by atoms with Gasteiger partial charge in [0.25, 0.3) is 5.91 Å². The number of ether oxygens (including phenoxy) is 2. The maximum absolute atomic E-state index is 12.3. The van der Waals surface area contributed by atoms with Gasteiger partial charge in [0.2, 0.25) is 0 Å². The molecule has 3 aromatic rings. The zero-order chi connectivity index (χ0) is 19.1. The van der Waals surface area contributed by atoms with Gasteiger partial charge in [-0.2, -0.15) is 0 Å². The highest BCUT2D eigenvalue weighted by Crippen LogP contribution is 2.16. The van der Waals surface area contributed by atoms with Gasteiger partial charge in [-0.3, -0.25) is 4.79 Å². The van der Waals surface area contributed by atoms with Crippen LogP contribution in [0.1, 0.15) is 32.2 Å². The van der Waals surface area contributed by atoms with Crippen molar-refractivity contribution in [3.8, 4) is 5.75 Å². The molecule has 1 heterocycles. The quantitative estimate of drug-likeness (QED) is 0.637. The summed E-state index contributed by atoms with van der Waals surface area (Å²) in [7, 11) is 1.66. The number of rotatable bonds is 8. The Bertz CT molecular complexity index is 890. The fourth-order valence-electron chi connectivity index (χ4n) is 2.53. The molecule has 0 saturated carbocycles. The van der Waals surface area contributed by atoms with Crippen LogP contribution in [0.4, 0.5) is 0 Å². The first-order valence-corrected chi connectivity index (χ1v) is 9.51. The largest absolute Gasteiger partial charge is 0.486 e. The predicted octanol–water partition coefficient (Wildman–Crippen LogP) is 4.11. The third-order valence-electron chi connectivity index (χ3n) is 3.92. The minimum Gasteiger partial charge on any atom is -0.486 e. The molecule has 140 valence electrons. The summed E-state index contributed by atoms with van der Waals surface area (Å²) in [5.74, 6) is 0.600. The van der Waals surface area contributed by atoms with Crippen molar-refractivity contribution in [2.24, 2.45) is 0 Å². The van der Waals surface area contributed by atoms with Gasteiger partial charge >= 0.3 is 0 Å². The van der Waals surface area contributed by atoms with Crippen molar-refractivity contribution in [3.63, 3.8) is 0 Å². The summed E-state index contributed by atoms with van der Waals surface area (Å²) in [4.78, 5) is 16.7. The number of hydrogen-bond acceptors (Lipinski definition) is 5. The molecule has 0 radical (unpaired) electrons. The molecule has 2 aromatic carbocycles. The first kappa shape index (κ1) is 19.1. The third kappa shape index (κ3) is 5.64. The first-order valence-electron chi connectivity index (χ1n) is 8.63. The van der Waals surface area contributed by atoms with Crippen LogP contribution in [0.15, 0.2) is 53.9 Å². The van der Waals surface area contributed by atoms with Gasteiger partial charge in [0, 0.05) is 19.0 Å². The van der Waals surface area contributed by atoms with E-state index >= 15 is 0 Å². The summed E-state index contributed by atoms with van der Waals surface area (Å²) in [6.07, 6.45) is 0. The SMILES string of the molecule is COCc1cccc(CNC(=O)c2csc(COc3ccc(C)cc3)n2)c1. The van der Waals surface area contributed by atoms with Gasteiger partial charge < -0.3 is 14.8 Å². The van der Waals surface area contributed by atoms with E-state index in [-0.39, 0.29) is 5.91 Å². The number of benzene rings is 2. The van der Waals surface area contributed by atoms with Crippen molar-refractivity contribution in [2.75, 3.05) is 7.11 Å². The second-order valence-electron chi connectivity index (χ2n) is 6.16. The Morgan fingerprint density at radius 3 is 2.67 bits per heavy atom. The van der Waals surface area contributed by atoms with E-state index in [1.165, 1.54) is 16.9 Å². The van der Waals surface area contributed by atoms with Crippen LogP contribution in [-0.4, -0.2) is 18.0 Å². The summed E-state index contributed by atoms with van der Waals surface area (Å²) in [5.41, 5.74) is 3.70. The lowest BCUT2D eigenvalue weighted by Gasteiger charge is -2.06. The highest BCUT2D eigenvalue weighted by atomic mass is 32.1. The number of amides is 1. The fourth-order valence-corrected chi connectivity index (χ4v) is 3.22. The maximum atomic E-state index is 12.3. The first-order chi connectivity index (χ1) is 13.1. The van der Waals surface area contributed by atoms with Crippen molar-refractivity contribution >= 4 is 17.2 Å². The Morgan fingerprint density at radius 2 is 1.89 bits per heavy atom. The van der Waals surface area contributed by atoms with Crippen LogP contribution >= 0.6 is 11.3 Å². The number of nitrogens with zero attached hydrogens (tertiary/aromatic N) is 1. The third-order valence-corrected chi connectivity index (χ3v) is 4.75. The van der Waals surface area contributed by atoms with Gasteiger partial charge in [-0.15, -0.1) is 11.3 Å². The van der Waals surface area contributed by atoms with Crippen LogP contribution < -0.4 is 10.1 Å². The number of carbonyl (C=O) groups is 1. The van der Waals surface area contributed by atoms with E-state index in [1.54, 1.807) is 12.5 Å². The lowest BCUT2D eigenvalue weighted by atomic mass is 10.1.